The lowest BCUT2D eigenvalue weighted by Gasteiger charge is -2.27. The molecule has 0 amide bonds. The first-order valence-corrected chi connectivity index (χ1v) is 6.23. The molecule has 90 valence electrons. The second-order valence-corrected chi connectivity index (χ2v) is 5.52. The maximum Gasteiger partial charge on any atom is 0.122 e. The maximum atomic E-state index is 9.00. The monoisotopic (exact) mass is 229 g/mol. The first-order chi connectivity index (χ1) is 8.11. The molecule has 1 aliphatic heterocycles. The van der Waals surface area contributed by atoms with Gasteiger partial charge in [-0.2, -0.15) is 5.26 Å². The average molecular weight is 229 g/mol. The second-order valence-electron chi connectivity index (χ2n) is 5.52. The van der Waals surface area contributed by atoms with Crippen LogP contribution in [0.3, 0.4) is 0 Å². The Morgan fingerprint density at radius 1 is 1.41 bits per heavy atom. The van der Waals surface area contributed by atoms with Crippen LogP contribution in [-0.4, -0.2) is 6.61 Å². The highest BCUT2D eigenvalue weighted by Gasteiger charge is 2.23. The number of ether oxygens (including phenoxy) is 1. The van der Waals surface area contributed by atoms with Crippen molar-refractivity contribution in [2.75, 3.05) is 6.61 Å². The van der Waals surface area contributed by atoms with Crippen molar-refractivity contribution in [2.45, 2.75) is 33.1 Å². The summed E-state index contributed by atoms with van der Waals surface area (Å²) >= 11 is 0. The van der Waals surface area contributed by atoms with Gasteiger partial charge in [-0.15, -0.1) is 0 Å². The minimum atomic E-state index is -0.211. The van der Waals surface area contributed by atoms with Crippen LogP contribution in [0.25, 0.3) is 0 Å². The van der Waals surface area contributed by atoms with Crippen molar-refractivity contribution in [3.63, 3.8) is 0 Å². The SMILES string of the molecule is CC(C)(C#N)CCC1COc2ccccc2C1. The summed E-state index contributed by atoms with van der Waals surface area (Å²) in [4.78, 5) is 0. The number of nitrogens with zero attached hydrogens (tertiary/aromatic N) is 1. The fourth-order valence-corrected chi connectivity index (χ4v) is 2.20. The third-order valence-electron chi connectivity index (χ3n) is 3.44. The molecule has 1 heterocycles. The molecule has 2 nitrogen and oxygen atoms in total. The van der Waals surface area contributed by atoms with Crippen LogP contribution < -0.4 is 4.74 Å². The third-order valence-corrected chi connectivity index (χ3v) is 3.44. The van der Waals surface area contributed by atoms with E-state index in [2.05, 4.69) is 18.2 Å². The fraction of sp³-hybridized carbons (Fsp3) is 0.533. The van der Waals surface area contributed by atoms with Crippen molar-refractivity contribution in [2.24, 2.45) is 11.3 Å². The van der Waals surface area contributed by atoms with Crippen molar-refractivity contribution in [1.82, 2.24) is 0 Å². The fourth-order valence-electron chi connectivity index (χ4n) is 2.20. The zero-order valence-corrected chi connectivity index (χ0v) is 10.6. The Labute approximate surface area is 103 Å². The van der Waals surface area contributed by atoms with Crippen LogP contribution in [0.2, 0.25) is 0 Å². The van der Waals surface area contributed by atoms with Crippen molar-refractivity contribution in [3.8, 4) is 11.8 Å². The molecule has 2 rings (SSSR count). The molecule has 1 aromatic carbocycles. The summed E-state index contributed by atoms with van der Waals surface area (Å²) < 4.78 is 5.75. The number of benzene rings is 1. The number of rotatable bonds is 3. The zero-order chi connectivity index (χ0) is 12.3. The second kappa shape index (κ2) is 4.79. The maximum absolute atomic E-state index is 9.00. The highest BCUT2D eigenvalue weighted by atomic mass is 16.5. The van der Waals surface area contributed by atoms with Gasteiger partial charge in [0.2, 0.25) is 0 Å². The standard InChI is InChI=1S/C15H19NO/c1-15(2,11-16)8-7-12-9-13-5-3-4-6-14(13)17-10-12/h3-6,12H,7-10H2,1-2H3. The van der Waals surface area contributed by atoms with Gasteiger partial charge in [-0.3, -0.25) is 0 Å². The Morgan fingerprint density at radius 3 is 2.94 bits per heavy atom. The van der Waals surface area contributed by atoms with Crippen LogP contribution in [0.1, 0.15) is 32.3 Å². The van der Waals surface area contributed by atoms with E-state index < -0.39 is 0 Å². The predicted octanol–water partition coefficient (Wildman–Crippen LogP) is 3.57. The van der Waals surface area contributed by atoms with E-state index in [1.807, 2.05) is 26.0 Å². The Bertz CT molecular complexity index is 431. The number of hydrogen-bond donors (Lipinski definition) is 0. The lowest BCUT2D eigenvalue weighted by atomic mass is 9.84. The summed E-state index contributed by atoms with van der Waals surface area (Å²) in [6, 6.07) is 10.6. The predicted molar refractivity (Wildman–Crippen MR) is 67.8 cm³/mol. The van der Waals surface area contributed by atoms with E-state index >= 15 is 0 Å². The summed E-state index contributed by atoms with van der Waals surface area (Å²) in [6.45, 7) is 4.80. The molecule has 1 aromatic rings. The smallest absolute Gasteiger partial charge is 0.122 e. The molecule has 0 saturated heterocycles. The number of para-hydroxylation sites is 1. The Hall–Kier alpha value is -1.49. The number of fused-ring (bicyclic) bond motifs is 1. The van der Waals surface area contributed by atoms with Gasteiger partial charge in [0.1, 0.15) is 5.75 Å². The van der Waals surface area contributed by atoms with Crippen molar-refractivity contribution >= 4 is 0 Å². The molecule has 1 unspecified atom stereocenters. The van der Waals surface area contributed by atoms with Crippen LogP contribution in [0.4, 0.5) is 0 Å². The van der Waals surface area contributed by atoms with Crippen LogP contribution >= 0.6 is 0 Å². The molecule has 0 aromatic heterocycles. The number of hydrogen-bond acceptors (Lipinski definition) is 2. The normalized spacial score (nSPS) is 19.0. The first-order valence-electron chi connectivity index (χ1n) is 6.23. The van der Waals surface area contributed by atoms with Gasteiger partial charge in [-0.25, -0.2) is 0 Å². The quantitative estimate of drug-likeness (QED) is 0.793. The van der Waals surface area contributed by atoms with E-state index in [0.717, 1.165) is 31.6 Å². The molecule has 0 fully saturated rings. The van der Waals surface area contributed by atoms with Gasteiger partial charge in [-0.05, 0) is 50.7 Å². The van der Waals surface area contributed by atoms with Gasteiger partial charge in [0.25, 0.3) is 0 Å². The lowest BCUT2D eigenvalue weighted by molar-refractivity contribution is 0.202. The summed E-state index contributed by atoms with van der Waals surface area (Å²) in [7, 11) is 0. The Balaban J connectivity index is 1.93. The molecule has 0 bridgehead atoms. The van der Waals surface area contributed by atoms with Crippen LogP contribution in [0, 0.1) is 22.7 Å². The zero-order valence-electron chi connectivity index (χ0n) is 10.6. The molecule has 0 spiro atoms. The van der Waals surface area contributed by atoms with Crippen LogP contribution in [-0.2, 0) is 6.42 Å². The lowest BCUT2D eigenvalue weighted by Crippen LogP contribution is -2.22. The first kappa shape index (κ1) is 12.0. The minimum Gasteiger partial charge on any atom is -0.493 e. The van der Waals surface area contributed by atoms with Crippen molar-refractivity contribution < 1.29 is 4.74 Å². The van der Waals surface area contributed by atoms with Gasteiger partial charge in [0.15, 0.2) is 0 Å². The van der Waals surface area contributed by atoms with Gasteiger partial charge in [-0.1, -0.05) is 18.2 Å². The summed E-state index contributed by atoms with van der Waals surface area (Å²) in [6.07, 6.45) is 3.09. The van der Waals surface area contributed by atoms with E-state index in [4.69, 9.17) is 10.00 Å². The van der Waals surface area contributed by atoms with Gasteiger partial charge in [0.05, 0.1) is 18.1 Å². The molecule has 1 aliphatic rings. The molecular weight excluding hydrogens is 210 g/mol. The molecule has 17 heavy (non-hydrogen) atoms. The highest BCUT2D eigenvalue weighted by Crippen LogP contribution is 2.31. The van der Waals surface area contributed by atoms with Crippen molar-refractivity contribution in [1.29, 1.82) is 5.26 Å². The Kier molecular flexibility index (Phi) is 3.38. The third kappa shape index (κ3) is 3.00. The summed E-state index contributed by atoms with van der Waals surface area (Å²) in [5, 5.41) is 9.00. The van der Waals surface area contributed by atoms with Crippen molar-refractivity contribution in [3.05, 3.63) is 29.8 Å². The molecule has 0 radical (unpaired) electrons. The van der Waals surface area contributed by atoms with Gasteiger partial charge in [0, 0.05) is 0 Å². The molecule has 0 aliphatic carbocycles. The molecular formula is C15H19NO. The number of nitriles is 1. The summed E-state index contributed by atoms with van der Waals surface area (Å²) in [5.41, 5.74) is 1.09. The summed E-state index contributed by atoms with van der Waals surface area (Å²) in [5.74, 6) is 1.58. The topological polar surface area (TPSA) is 33.0 Å². The largest absolute Gasteiger partial charge is 0.493 e. The molecule has 0 N–H and O–H groups in total. The van der Waals surface area contributed by atoms with E-state index in [1.54, 1.807) is 0 Å². The van der Waals surface area contributed by atoms with Crippen LogP contribution in [0.5, 0.6) is 5.75 Å². The van der Waals surface area contributed by atoms with E-state index in [9.17, 15) is 0 Å². The van der Waals surface area contributed by atoms with E-state index in [-0.39, 0.29) is 5.41 Å². The average Bonchev–Trinajstić information content (AvgIpc) is 2.36. The molecule has 0 saturated carbocycles. The Morgan fingerprint density at radius 2 is 2.18 bits per heavy atom. The molecule has 2 heteroatoms. The van der Waals surface area contributed by atoms with Crippen LogP contribution in [0.15, 0.2) is 24.3 Å². The van der Waals surface area contributed by atoms with Gasteiger partial charge < -0.3 is 4.74 Å². The molecule has 1 atom stereocenters. The minimum absolute atomic E-state index is 0.211. The van der Waals surface area contributed by atoms with Gasteiger partial charge >= 0.3 is 0 Å². The van der Waals surface area contributed by atoms with E-state index in [0.29, 0.717) is 5.92 Å². The van der Waals surface area contributed by atoms with E-state index in [1.165, 1.54) is 5.56 Å². The highest BCUT2D eigenvalue weighted by molar-refractivity contribution is 5.35.